The van der Waals surface area contributed by atoms with Crippen LogP contribution in [-0.2, 0) is 0 Å². The highest BCUT2D eigenvalue weighted by Gasteiger charge is 2.24. The third kappa shape index (κ3) is 3.20. The zero-order valence-electron chi connectivity index (χ0n) is 14.3. The van der Waals surface area contributed by atoms with E-state index in [0.717, 1.165) is 48.4 Å². The number of rotatable bonds is 3. The van der Waals surface area contributed by atoms with Gasteiger partial charge >= 0.3 is 0 Å². The summed E-state index contributed by atoms with van der Waals surface area (Å²) in [5.41, 5.74) is 4.19. The Morgan fingerprint density at radius 1 is 1.16 bits per heavy atom. The normalized spacial score (nSPS) is 20.3. The fraction of sp³-hybridized carbons (Fsp3) is 0.350. The molecule has 25 heavy (non-hydrogen) atoms. The van der Waals surface area contributed by atoms with E-state index in [9.17, 15) is 0 Å². The second-order valence-electron chi connectivity index (χ2n) is 6.78. The van der Waals surface area contributed by atoms with Gasteiger partial charge < -0.3 is 10.2 Å². The van der Waals surface area contributed by atoms with E-state index < -0.39 is 0 Å². The maximum absolute atomic E-state index is 7.16. The van der Waals surface area contributed by atoms with Gasteiger partial charge in [-0.05, 0) is 38.0 Å². The zero-order valence-corrected chi connectivity index (χ0v) is 14.3. The van der Waals surface area contributed by atoms with E-state index in [0.29, 0.717) is 6.04 Å². The van der Waals surface area contributed by atoms with Gasteiger partial charge in [-0.3, -0.25) is 0 Å². The molecule has 0 amide bonds. The summed E-state index contributed by atoms with van der Waals surface area (Å²) in [5, 5.41) is 8.29. The molecule has 0 saturated heterocycles. The lowest BCUT2D eigenvalue weighted by molar-refractivity contribution is 0.442. The van der Waals surface area contributed by atoms with Crippen LogP contribution in [0.3, 0.4) is 0 Å². The van der Waals surface area contributed by atoms with Gasteiger partial charge in [0.1, 0.15) is 5.82 Å². The SMILES string of the molecule is [C-]#[N+]C1CCC(Nc2ccc3ncc(-c4cccc(C)c4)n3n2)CC1. The van der Waals surface area contributed by atoms with Crippen LogP contribution < -0.4 is 5.32 Å². The van der Waals surface area contributed by atoms with Gasteiger partial charge in [-0.1, -0.05) is 23.8 Å². The van der Waals surface area contributed by atoms with Gasteiger partial charge in [0.2, 0.25) is 6.04 Å². The number of aromatic nitrogens is 3. The van der Waals surface area contributed by atoms with Crippen molar-refractivity contribution in [2.24, 2.45) is 0 Å². The Morgan fingerprint density at radius 3 is 2.76 bits per heavy atom. The molecule has 4 rings (SSSR count). The van der Waals surface area contributed by atoms with Crippen LogP contribution in [0.5, 0.6) is 0 Å². The van der Waals surface area contributed by atoms with Crippen molar-refractivity contribution in [3.63, 3.8) is 0 Å². The highest BCUT2D eigenvalue weighted by Crippen LogP contribution is 2.25. The summed E-state index contributed by atoms with van der Waals surface area (Å²) in [4.78, 5) is 8.14. The van der Waals surface area contributed by atoms with E-state index >= 15 is 0 Å². The number of anilines is 1. The van der Waals surface area contributed by atoms with Gasteiger partial charge in [0.15, 0.2) is 5.65 Å². The molecule has 1 aliphatic rings. The smallest absolute Gasteiger partial charge is 0.223 e. The van der Waals surface area contributed by atoms with Crippen molar-refractivity contribution in [3.05, 3.63) is 59.6 Å². The number of fused-ring (bicyclic) bond motifs is 1. The molecular weight excluding hydrogens is 310 g/mol. The fourth-order valence-corrected chi connectivity index (χ4v) is 3.51. The van der Waals surface area contributed by atoms with Crippen molar-refractivity contribution < 1.29 is 0 Å². The first-order valence-electron chi connectivity index (χ1n) is 8.78. The minimum atomic E-state index is 0.204. The molecule has 0 aliphatic heterocycles. The Balaban J connectivity index is 1.60. The topological polar surface area (TPSA) is 46.6 Å². The van der Waals surface area contributed by atoms with Crippen molar-refractivity contribution in [1.82, 2.24) is 14.6 Å². The van der Waals surface area contributed by atoms with E-state index in [4.69, 9.17) is 11.7 Å². The number of hydrogen-bond acceptors (Lipinski definition) is 3. The summed E-state index contributed by atoms with van der Waals surface area (Å²) in [6.45, 7) is 9.25. The third-order valence-corrected chi connectivity index (χ3v) is 4.91. The van der Waals surface area contributed by atoms with Gasteiger partial charge in [-0.2, -0.15) is 0 Å². The maximum Gasteiger partial charge on any atom is 0.223 e. The molecule has 0 unspecified atom stereocenters. The predicted molar refractivity (Wildman–Crippen MR) is 99.4 cm³/mol. The van der Waals surface area contributed by atoms with Crippen molar-refractivity contribution >= 4 is 11.5 Å². The molecule has 0 bridgehead atoms. The number of aryl methyl sites for hydroxylation is 1. The molecule has 0 spiro atoms. The first-order chi connectivity index (χ1) is 12.2. The van der Waals surface area contributed by atoms with Crippen molar-refractivity contribution in [1.29, 1.82) is 0 Å². The van der Waals surface area contributed by atoms with Gasteiger partial charge in [-0.15, -0.1) is 5.10 Å². The first-order valence-corrected chi connectivity index (χ1v) is 8.78. The van der Waals surface area contributed by atoms with Crippen LogP contribution in [0.2, 0.25) is 0 Å². The Bertz CT molecular complexity index is 929. The molecule has 2 aromatic heterocycles. The van der Waals surface area contributed by atoms with E-state index in [1.54, 1.807) is 0 Å². The third-order valence-electron chi connectivity index (χ3n) is 4.91. The largest absolute Gasteiger partial charge is 0.366 e. The van der Waals surface area contributed by atoms with Crippen LogP contribution in [0.4, 0.5) is 5.82 Å². The zero-order chi connectivity index (χ0) is 17.2. The molecule has 0 atom stereocenters. The lowest BCUT2D eigenvalue weighted by atomic mass is 9.92. The minimum Gasteiger partial charge on any atom is -0.366 e. The molecule has 3 aromatic rings. The molecule has 1 fully saturated rings. The number of benzene rings is 1. The molecule has 1 saturated carbocycles. The summed E-state index contributed by atoms with van der Waals surface area (Å²) >= 11 is 0. The van der Waals surface area contributed by atoms with Crippen LogP contribution >= 0.6 is 0 Å². The van der Waals surface area contributed by atoms with Gasteiger partial charge in [0.25, 0.3) is 0 Å². The number of hydrogen-bond donors (Lipinski definition) is 1. The Labute approximate surface area is 147 Å². The average Bonchev–Trinajstić information content (AvgIpc) is 3.06. The van der Waals surface area contributed by atoms with Crippen molar-refractivity contribution in [3.8, 4) is 11.3 Å². The van der Waals surface area contributed by atoms with Crippen molar-refractivity contribution in [2.75, 3.05) is 5.32 Å². The molecule has 1 N–H and O–H groups in total. The van der Waals surface area contributed by atoms with E-state index in [1.807, 2.05) is 22.8 Å². The quantitative estimate of drug-likeness (QED) is 0.726. The van der Waals surface area contributed by atoms with Crippen LogP contribution in [0.25, 0.3) is 21.7 Å². The molecule has 1 aromatic carbocycles. The standard InChI is InChI=1S/C20H21N5/c1-14-4-3-5-15(12-14)18-13-22-20-11-10-19(24-25(18)20)23-17-8-6-16(21-2)7-9-17/h3-5,10-13,16-17H,6-9H2,1H3,(H,23,24). The Kier molecular flexibility index (Phi) is 4.10. The van der Waals surface area contributed by atoms with Crippen molar-refractivity contribution in [2.45, 2.75) is 44.7 Å². The summed E-state index contributed by atoms with van der Waals surface area (Å²) in [5.74, 6) is 0.866. The summed E-state index contributed by atoms with van der Waals surface area (Å²) in [6, 6.07) is 13.0. The van der Waals surface area contributed by atoms with Crippen LogP contribution in [0, 0.1) is 13.5 Å². The van der Waals surface area contributed by atoms with Crippen LogP contribution in [0.15, 0.2) is 42.6 Å². The van der Waals surface area contributed by atoms with Gasteiger partial charge in [-0.25, -0.2) is 16.1 Å². The van der Waals surface area contributed by atoms with Crippen LogP contribution in [-0.4, -0.2) is 26.7 Å². The summed E-state index contributed by atoms with van der Waals surface area (Å²) < 4.78 is 1.90. The lowest BCUT2D eigenvalue weighted by Crippen LogP contribution is -2.27. The highest BCUT2D eigenvalue weighted by atomic mass is 15.3. The first kappa shape index (κ1) is 15.6. The average molecular weight is 331 g/mol. The summed E-state index contributed by atoms with van der Waals surface area (Å²) in [6.07, 6.45) is 5.89. The molecule has 5 nitrogen and oxygen atoms in total. The molecule has 1 aliphatic carbocycles. The second kappa shape index (κ2) is 6.56. The molecule has 5 heteroatoms. The number of nitrogens with zero attached hydrogens (tertiary/aromatic N) is 4. The molecule has 126 valence electrons. The lowest BCUT2D eigenvalue weighted by Gasteiger charge is -2.24. The highest BCUT2D eigenvalue weighted by molar-refractivity contribution is 5.64. The molecular formula is C20H21N5. The predicted octanol–water partition coefficient (Wildman–Crippen LogP) is 4.35. The molecule has 0 radical (unpaired) electrons. The van der Waals surface area contributed by atoms with Gasteiger partial charge in [0.05, 0.1) is 11.9 Å². The number of imidazole rings is 1. The molecule has 2 heterocycles. The summed E-state index contributed by atoms with van der Waals surface area (Å²) in [7, 11) is 0. The van der Waals surface area contributed by atoms with Gasteiger partial charge in [0, 0.05) is 24.4 Å². The van der Waals surface area contributed by atoms with E-state index in [2.05, 4.69) is 46.3 Å². The Hall–Kier alpha value is -2.87. The van der Waals surface area contributed by atoms with E-state index in [1.165, 1.54) is 5.56 Å². The number of nitrogens with one attached hydrogen (secondary N) is 1. The van der Waals surface area contributed by atoms with Crippen LogP contribution in [0.1, 0.15) is 31.2 Å². The second-order valence-corrected chi connectivity index (χ2v) is 6.78. The fourth-order valence-electron chi connectivity index (χ4n) is 3.51. The monoisotopic (exact) mass is 331 g/mol. The van der Waals surface area contributed by atoms with E-state index in [-0.39, 0.29) is 6.04 Å². The Morgan fingerprint density at radius 2 is 2.00 bits per heavy atom. The minimum absolute atomic E-state index is 0.204. The maximum atomic E-state index is 7.16.